The number of aryl methyl sites for hydroxylation is 1. The molecular formula is C16H20ClNS2. The molecule has 108 valence electrons. The zero-order valence-corrected chi connectivity index (χ0v) is 14.2. The highest BCUT2D eigenvalue weighted by atomic mass is 35.5. The molecule has 0 fully saturated rings. The van der Waals surface area contributed by atoms with Gasteiger partial charge in [0.1, 0.15) is 0 Å². The number of benzene rings is 1. The van der Waals surface area contributed by atoms with Gasteiger partial charge in [0.2, 0.25) is 0 Å². The molecule has 0 aliphatic rings. The Morgan fingerprint density at radius 3 is 2.75 bits per heavy atom. The van der Waals surface area contributed by atoms with Crippen molar-refractivity contribution >= 4 is 34.7 Å². The molecule has 4 heteroatoms. The summed E-state index contributed by atoms with van der Waals surface area (Å²) in [5, 5.41) is 6.56. The number of halogens is 1. The van der Waals surface area contributed by atoms with Gasteiger partial charge in [0.25, 0.3) is 0 Å². The molecule has 2 rings (SSSR count). The number of hydrogen-bond acceptors (Lipinski definition) is 3. The van der Waals surface area contributed by atoms with E-state index >= 15 is 0 Å². The number of nitrogens with one attached hydrogen (secondary N) is 1. The summed E-state index contributed by atoms with van der Waals surface area (Å²) in [4.78, 5) is 2.60. The Kier molecular flexibility index (Phi) is 6.43. The first-order valence-electron chi connectivity index (χ1n) is 6.87. The van der Waals surface area contributed by atoms with Crippen molar-refractivity contribution < 1.29 is 0 Å². The maximum absolute atomic E-state index is 6.29. The topological polar surface area (TPSA) is 12.0 Å². The summed E-state index contributed by atoms with van der Waals surface area (Å²) in [5.74, 6) is 1.01. The fourth-order valence-corrected chi connectivity index (χ4v) is 4.46. The van der Waals surface area contributed by atoms with Crippen molar-refractivity contribution in [2.75, 3.05) is 12.3 Å². The minimum Gasteiger partial charge on any atom is -0.309 e. The van der Waals surface area contributed by atoms with Crippen LogP contribution < -0.4 is 5.32 Å². The van der Waals surface area contributed by atoms with Crippen LogP contribution in [0.3, 0.4) is 0 Å². The number of thioether (sulfide) groups is 1. The summed E-state index contributed by atoms with van der Waals surface area (Å²) in [7, 11) is 0. The Labute approximate surface area is 134 Å². The van der Waals surface area contributed by atoms with Crippen molar-refractivity contribution in [3.05, 3.63) is 51.2 Å². The summed E-state index contributed by atoms with van der Waals surface area (Å²) in [6, 6.07) is 10.8. The molecule has 0 aliphatic carbocycles. The molecule has 1 nitrogen and oxygen atoms in total. The average Bonchev–Trinajstić information content (AvgIpc) is 2.87. The second kappa shape index (κ2) is 8.08. The SMILES string of the molecule is CCCNC(CSc1ccccc1C)c1sccc1Cl. The summed E-state index contributed by atoms with van der Waals surface area (Å²) in [5.41, 5.74) is 1.34. The lowest BCUT2D eigenvalue weighted by Gasteiger charge is -2.18. The van der Waals surface area contributed by atoms with Gasteiger partial charge >= 0.3 is 0 Å². The lowest BCUT2D eigenvalue weighted by atomic mass is 10.2. The van der Waals surface area contributed by atoms with Crippen LogP contribution in [0.1, 0.15) is 29.8 Å². The Balaban J connectivity index is 2.05. The van der Waals surface area contributed by atoms with Crippen LogP contribution in [0.25, 0.3) is 0 Å². The molecule has 1 heterocycles. The van der Waals surface area contributed by atoms with Crippen molar-refractivity contribution in [1.82, 2.24) is 5.32 Å². The highest BCUT2D eigenvalue weighted by Crippen LogP contribution is 2.33. The first-order chi connectivity index (χ1) is 9.72. The van der Waals surface area contributed by atoms with Crippen molar-refractivity contribution in [3.8, 4) is 0 Å². The molecule has 0 saturated carbocycles. The summed E-state index contributed by atoms with van der Waals surface area (Å²) < 4.78 is 0. The van der Waals surface area contributed by atoms with Crippen molar-refractivity contribution in [3.63, 3.8) is 0 Å². The largest absolute Gasteiger partial charge is 0.309 e. The third-order valence-corrected chi connectivity index (χ3v) is 5.84. The molecular weight excluding hydrogens is 306 g/mol. The Morgan fingerprint density at radius 1 is 1.30 bits per heavy atom. The van der Waals surface area contributed by atoms with E-state index in [9.17, 15) is 0 Å². The van der Waals surface area contributed by atoms with Crippen molar-refractivity contribution in [2.24, 2.45) is 0 Å². The highest BCUT2D eigenvalue weighted by Gasteiger charge is 2.16. The fourth-order valence-electron chi connectivity index (χ4n) is 1.99. The normalized spacial score (nSPS) is 12.6. The van der Waals surface area contributed by atoms with E-state index < -0.39 is 0 Å². The predicted octanol–water partition coefficient (Wildman–Crippen LogP) is 5.54. The van der Waals surface area contributed by atoms with Crippen LogP contribution in [0.4, 0.5) is 0 Å². The predicted molar refractivity (Wildman–Crippen MR) is 92.3 cm³/mol. The lowest BCUT2D eigenvalue weighted by molar-refractivity contribution is 0.585. The van der Waals surface area contributed by atoms with E-state index in [1.807, 2.05) is 17.8 Å². The second-order valence-corrected chi connectivity index (χ2v) is 7.13. The monoisotopic (exact) mass is 325 g/mol. The van der Waals surface area contributed by atoms with Gasteiger partial charge in [-0.25, -0.2) is 0 Å². The number of rotatable bonds is 7. The molecule has 1 N–H and O–H groups in total. The van der Waals surface area contributed by atoms with Gasteiger partial charge in [0, 0.05) is 15.5 Å². The minimum atomic E-state index is 0.326. The van der Waals surface area contributed by atoms with E-state index in [1.165, 1.54) is 15.3 Å². The van der Waals surface area contributed by atoms with Gasteiger partial charge in [-0.3, -0.25) is 0 Å². The molecule has 0 amide bonds. The lowest BCUT2D eigenvalue weighted by Crippen LogP contribution is -2.23. The van der Waals surface area contributed by atoms with Crippen molar-refractivity contribution in [1.29, 1.82) is 0 Å². The van der Waals surface area contributed by atoms with E-state index in [-0.39, 0.29) is 0 Å². The number of hydrogen-bond donors (Lipinski definition) is 1. The van der Waals surface area contributed by atoms with Gasteiger partial charge in [-0.1, -0.05) is 36.7 Å². The molecule has 0 bridgehead atoms. The first kappa shape index (κ1) is 15.9. The van der Waals surface area contributed by atoms with Crippen LogP contribution in [-0.2, 0) is 0 Å². The van der Waals surface area contributed by atoms with Gasteiger partial charge in [-0.15, -0.1) is 23.1 Å². The quantitative estimate of drug-likeness (QED) is 0.670. The van der Waals surface area contributed by atoms with E-state index in [1.54, 1.807) is 11.3 Å². The molecule has 0 saturated heterocycles. The Bertz CT molecular complexity index is 539. The molecule has 1 unspecified atom stereocenters. The summed E-state index contributed by atoms with van der Waals surface area (Å²) >= 11 is 9.93. The van der Waals surface area contributed by atoms with Gasteiger partial charge in [0.05, 0.1) is 11.1 Å². The molecule has 0 spiro atoms. The first-order valence-corrected chi connectivity index (χ1v) is 9.11. The van der Waals surface area contributed by atoms with Gasteiger partial charge in [-0.2, -0.15) is 0 Å². The molecule has 1 aromatic carbocycles. The van der Waals surface area contributed by atoms with E-state index in [4.69, 9.17) is 11.6 Å². The van der Waals surface area contributed by atoms with E-state index in [0.717, 1.165) is 23.7 Å². The number of thiophene rings is 1. The molecule has 1 atom stereocenters. The Hall–Kier alpha value is -0.480. The molecule has 0 radical (unpaired) electrons. The van der Waals surface area contributed by atoms with Gasteiger partial charge in [-0.05, 0) is 43.0 Å². The fraction of sp³-hybridized carbons (Fsp3) is 0.375. The van der Waals surface area contributed by atoms with Crippen LogP contribution >= 0.6 is 34.7 Å². The zero-order valence-electron chi connectivity index (χ0n) is 11.9. The Morgan fingerprint density at radius 2 is 2.10 bits per heavy atom. The van der Waals surface area contributed by atoms with Gasteiger partial charge < -0.3 is 5.32 Å². The van der Waals surface area contributed by atoms with Crippen LogP contribution in [-0.4, -0.2) is 12.3 Å². The van der Waals surface area contributed by atoms with Crippen LogP contribution in [0.5, 0.6) is 0 Å². The zero-order chi connectivity index (χ0) is 14.4. The molecule has 2 aromatic rings. The maximum Gasteiger partial charge on any atom is 0.0561 e. The molecule has 0 aliphatic heterocycles. The molecule has 20 heavy (non-hydrogen) atoms. The van der Waals surface area contributed by atoms with Crippen LogP contribution in [0, 0.1) is 6.92 Å². The highest BCUT2D eigenvalue weighted by molar-refractivity contribution is 7.99. The van der Waals surface area contributed by atoms with E-state index in [2.05, 4.69) is 48.8 Å². The third kappa shape index (κ3) is 4.26. The summed E-state index contributed by atoms with van der Waals surface area (Å²) in [6.07, 6.45) is 1.13. The average molecular weight is 326 g/mol. The van der Waals surface area contributed by atoms with Crippen LogP contribution in [0.2, 0.25) is 5.02 Å². The van der Waals surface area contributed by atoms with Crippen LogP contribution in [0.15, 0.2) is 40.6 Å². The third-order valence-electron chi connectivity index (χ3n) is 3.10. The maximum atomic E-state index is 6.29. The second-order valence-electron chi connectivity index (χ2n) is 4.72. The van der Waals surface area contributed by atoms with Crippen molar-refractivity contribution in [2.45, 2.75) is 31.2 Å². The summed E-state index contributed by atoms with van der Waals surface area (Å²) in [6.45, 7) is 5.37. The minimum absolute atomic E-state index is 0.326. The smallest absolute Gasteiger partial charge is 0.0561 e. The standard InChI is InChI=1S/C16H20ClNS2/c1-3-9-18-14(16-13(17)8-10-19-16)11-20-15-7-5-4-6-12(15)2/h4-8,10,14,18H,3,9,11H2,1-2H3. The molecule has 1 aromatic heterocycles. The van der Waals surface area contributed by atoms with Gasteiger partial charge in [0.15, 0.2) is 0 Å². The van der Waals surface area contributed by atoms with E-state index in [0.29, 0.717) is 6.04 Å².